The van der Waals surface area contributed by atoms with Crippen LogP contribution in [0.25, 0.3) is 0 Å². The maximum Gasteiger partial charge on any atom is 0.328 e. The third-order valence-electron chi connectivity index (χ3n) is 11.1. The molecule has 1 fully saturated rings. The zero-order chi connectivity index (χ0) is 40.7. The fraction of sp³-hybridized carbons (Fsp3) is 0.732. The lowest BCUT2D eigenvalue weighted by molar-refractivity contribution is -0.151. The lowest BCUT2D eigenvalue weighted by Gasteiger charge is -2.43. The van der Waals surface area contributed by atoms with Crippen molar-refractivity contribution in [3.05, 3.63) is 35.9 Å². The van der Waals surface area contributed by atoms with Gasteiger partial charge in [-0.2, -0.15) is 0 Å². The number of ether oxygens (including phenoxy) is 3. The predicted molar refractivity (Wildman–Crippen MR) is 209 cm³/mol. The fourth-order valence-electron chi connectivity index (χ4n) is 7.70. The van der Waals surface area contributed by atoms with Crippen molar-refractivity contribution >= 4 is 29.6 Å². The number of esters is 1. The predicted octanol–water partition coefficient (Wildman–Crippen LogP) is 3.58. The molecule has 2 unspecified atom stereocenters. The molecule has 0 spiro atoms. The van der Waals surface area contributed by atoms with Crippen molar-refractivity contribution in [2.45, 2.75) is 129 Å². The Morgan fingerprint density at radius 2 is 1.50 bits per heavy atom. The second kappa shape index (κ2) is 22.7. The molecule has 9 atom stereocenters. The summed E-state index contributed by atoms with van der Waals surface area (Å²) in [5, 5.41) is 8.91. The van der Waals surface area contributed by atoms with Gasteiger partial charge in [0, 0.05) is 34.2 Å². The summed E-state index contributed by atoms with van der Waals surface area (Å²) in [4.78, 5) is 71.6. The van der Waals surface area contributed by atoms with E-state index in [0.29, 0.717) is 13.0 Å². The highest BCUT2D eigenvalue weighted by molar-refractivity contribution is 5.90. The first-order valence-corrected chi connectivity index (χ1v) is 19.6. The summed E-state index contributed by atoms with van der Waals surface area (Å²) in [7, 11) is 7.83. The number of piperidine rings is 1. The highest BCUT2D eigenvalue weighted by Crippen LogP contribution is 2.29. The van der Waals surface area contributed by atoms with Crippen LogP contribution in [0, 0.1) is 23.7 Å². The summed E-state index contributed by atoms with van der Waals surface area (Å²) in [6.45, 7) is 14.0. The minimum atomic E-state index is -0.892. The van der Waals surface area contributed by atoms with Gasteiger partial charge in [-0.3, -0.25) is 19.2 Å². The van der Waals surface area contributed by atoms with Gasteiger partial charge in [-0.25, -0.2) is 4.79 Å². The summed E-state index contributed by atoms with van der Waals surface area (Å²) >= 11 is 0. The molecule has 0 saturated carbocycles. The Morgan fingerprint density at radius 3 is 2.02 bits per heavy atom. The molecule has 4 amide bonds. The maximum atomic E-state index is 14.3. The monoisotopic (exact) mass is 760 g/mol. The Morgan fingerprint density at radius 1 is 0.870 bits per heavy atom. The summed E-state index contributed by atoms with van der Waals surface area (Å²) in [6.07, 6.45) is 2.00. The van der Waals surface area contributed by atoms with Gasteiger partial charge in [-0.15, -0.1) is 0 Å². The number of nitrogens with one attached hydrogen (secondary N) is 3. The van der Waals surface area contributed by atoms with Crippen LogP contribution in [-0.2, 0) is 44.6 Å². The topological polar surface area (TPSA) is 156 Å². The minimum Gasteiger partial charge on any atom is -0.467 e. The van der Waals surface area contributed by atoms with Gasteiger partial charge in [-0.1, -0.05) is 85.2 Å². The van der Waals surface area contributed by atoms with E-state index in [2.05, 4.69) is 16.0 Å². The van der Waals surface area contributed by atoms with Crippen LogP contribution >= 0.6 is 0 Å². The van der Waals surface area contributed by atoms with Crippen molar-refractivity contribution in [2.75, 3.05) is 42.0 Å². The van der Waals surface area contributed by atoms with Crippen molar-refractivity contribution in [1.82, 2.24) is 25.8 Å². The minimum absolute atomic E-state index is 0.00596. The second-order valence-corrected chi connectivity index (χ2v) is 15.5. The number of likely N-dealkylation sites (tertiary alicyclic amines) is 1. The third-order valence-corrected chi connectivity index (χ3v) is 11.1. The standard InChI is InChI=1S/C41H69N5O8/c1-13-27(6)36(45(9)40(50)35(26(4)5)44-39(49)34(42-8)25(2)3)32(52-10)24-33(47)46-22-18-17-21-31(46)37(53-11)28(7)38(48)43-30(41(51)54-12)23-29-19-15-14-16-20-29/h14-16,19-20,25-28,30-32,34-37,42H,13,17-18,21-24H2,1-12H3,(H,43,48)(H,44,49)/t27?,28-,30+,31+,32-,34+,35?,36+,37-/m1/s1. The van der Waals surface area contributed by atoms with E-state index in [9.17, 15) is 24.0 Å². The van der Waals surface area contributed by atoms with E-state index in [0.717, 1.165) is 24.8 Å². The zero-order valence-electron chi connectivity index (χ0n) is 34.8. The first-order valence-electron chi connectivity index (χ1n) is 19.6. The molecule has 1 saturated heterocycles. The van der Waals surface area contributed by atoms with Crippen LogP contribution in [0.15, 0.2) is 30.3 Å². The van der Waals surface area contributed by atoms with Gasteiger partial charge in [0.2, 0.25) is 23.6 Å². The number of likely N-dealkylation sites (N-methyl/N-ethyl adjacent to an activating group) is 2. The Balaban J connectivity index is 2.32. The van der Waals surface area contributed by atoms with Crippen molar-refractivity contribution in [2.24, 2.45) is 23.7 Å². The number of carbonyl (C=O) groups excluding carboxylic acids is 5. The van der Waals surface area contributed by atoms with Crippen LogP contribution in [0.1, 0.15) is 86.1 Å². The lowest BCUT2D eigenvalue weighted by Crippen LogP contribution is -2.60. The molecular weight excluding hydrogens is 690 g/mol. The number of benzene rings is 1. The number of rotatable bonds is 21. The third kappa shape index (κ3) is 12.5. The van der Waals surface area contributed by atoms with Crippen LogP contribution in [0.5, 0.6) is 0 Å². The van der Waals surface area contributed by atoms with E-state index >= 15 is 0 Å². The molecule has 1 aliphatic rings. The molecule has 54 heavy (non-hydrogen) atoms. The smallest absolute Gasteiger partial charge is 0.328 e. The summed E-state index contributed by atoms with van der Waals surface area (Å²) in [6, 6.07) is 6.41. The molecule has 306 valence electrons. The SMILES string of the molecule is CCC(C)[C@@H]([C@@H](CC(=O)N1CCCC[C@H]1[C@H](OC)[C@@H](C)C(=O)N[C@@H](Cc1ccccc1)C(=O)OC)OC)N(C)C(=O)C(NC(=O)[C@@H](NC)C(C)C)C(C)C. The van der Waals surface area contributed by atoms with Crippen molar-refractivity contribution in [1.29, 1.82) is 0 Å². The number of methoxy groups -OCH3 is 3. The van der Waals surface area contributed by atoms with E-state index in [1.807, 2.05) is 71.9 Å². The largest absolute Gasteiger partial charge is 0.467 e. The summed E-state index contributed by atoms with van der Waals surface area (Å²) in [5.41, 5.74) is 0.877. The van der Waals surface area contributed by atoms with Gasteiger partial charge in [0.1, 0.15) is 12.1 Å². The molecule has 0 aromatic heterocycles. The number of hydrogen-bond acceptors (Lipinski definition) is 9. The lowest BCUT2D eigenvalue weighted by atomic mass is 9.87. The molecular formula is C41H69N5O8. The normalized spacial score (nSPS) is 19.1. The molecule has 13 nitrogen and oxygen atoms in total. The van der Waals surface area contributed by atoms with E-state index in [1.54, 1.807) is 37.9 Å². The summed E-state index contributed by atoms with van der Waals surface area (Å²) < 4.78 is 17.0. The zero-order valence-corrected chi connectivity index (χ0v) is 34.8. The average molecular weight is 760 g/mol. The quantitative estimate of drug-likeness (QED) is 0.160. The van der Waals surface area contributed by atoms with Gasteiger partial charge >= 0.3 is 5.97 Å². The van der Waals surface area contributed by atoms with Crippen LogP contribution in [-0.4, -0.2) is 124 Å². The Hall–Kier alpha value is -3.55. The van der Waals surface area contributed by atoms with Gasteiger partial charge in [-0.05, 0) is 49.6 Å². The molecule has 1 heterocycles. The van der Waals surface area contributed by atoms with Gasteiger partial charge < -0.3 is 40.0 Å². The van der Waals surface area contributed by atoms with Crippen LogP contribution in [0.4, 0.5) is 0 Å². The van der Waals surface area contributed by atoms with Crippen molar-refractivity contribution in [3.8, 4) is 0 Å². The Kier molecular flexibility index (Phi) is 19.6. The van der Waals surface area contributed by atoms with Crippen molar-refractivity contribution < 1.29 is 38.2 Å². The summed E-state index contributed by atoms with van der Waals surface area (Å²) in [5.74, 6) is -2.47. The van der Waals surface area contributed by atoms with Crippen LogP contribution in [0.2, 0.25) is 0 Å². The number of nitrogens with zero attached hydrogens (tertiary/aromatic N) is 2. The van der Waals surface area contributed by atoms with Gasteiger partial charge in [0.25, 0.3) is 0 Å². The van der Waals surface area contributed by atoms with Crippen LogP contribution in [0.3, 0.4) is 0 Å². The fourth-order valence-corrected chi connectivity index (χ4v) is 7.70. The van der Waals surface area contributed by atoms with Gasteiger partial charge in [0.05, 0.1) is 49.8 Å². The van der Waals surface area contributed by atoms with E-state index in [1.165, 1.54) is 14.2 Å². The Bertz CT molecular complexity index is 1340. The first kappa shape index (κ1) is 46.6. The van der Waals surface area contributed by atoms with Crippen LogP contribution < -0.4 is 16.0 Å². The molecule has 13 heteroatoms. The highest BCUT2D eigenvalue weighted by atomic mass is 16.5. The van der Waals surface area contributed by atoms with E-state index < -0.39 is 54.3 Å². The number of amides is 4. The van der Waals surface area contributed by atoms with E-state index in [4.69, 9.17) is 14.2 Å². The molecule has 0 bridgehead atoms. The van der Waals surface area contributed by atoms with E-state index in [-0.39, 0.29) is 54.2 Å². The molecule has 0 aliphatic carbocycles. The maximum absolute atomic E-state index is 14.3. The first-order chi connectivity index (χ1) is 25.6. The Labute approximate surface area is 324 Å². The van der Waals surface area contributed by atoms with Crippen molar-refractivity contribution in [3.63, 3.8) is 0 Å². The molecule has 1 aromatic rings. The molecule has 1 aromatic carbocycles. The molecule has 1 aliphatic heterocycles. The highest BCUT2D eigenvalue weighted by Gasteiger charge is 2.42. The molecule has 0 radical (unpaired) electrons. The van der Waals surface area contributed by atoms with Gasteiger partial charge in [0.15, 0.2) is 0 Å². The number of hydrogen-bond donors (Lipinski definition) is 3. The second-order valence-electron chi connectivity index (χ2n) is 15.5. The average Bonchev–Trinajstić information content (AvgIpc) is 3.16. The number of carbonyl (C=O) groups is 5. The molecule has 2 rings (SSSR count). The molecule has 3 N–H and O–H groups in total.